The molecule has 3 aliphatic heterocycles. The Kier molecular flexibility index (Phi) is 17.6. The van der Waals surface area contributed by atoms with Crippen LogP contribution in [0.15, 0.2) is 41.1 Å². The average Bonchev–Trinajstić information content (AvgIpc) is 3.20. The molecule has 13 atom stereocenters. The number of cyclic esters (lactones) is 1. The number of methoxy groups -OCH3 is 3. The summed E-state index contributed by atoms with van der Waals surface area (Å²) in [4.78, 5) is 44.4. The first-order chi connectivity index (χ1) is 27.1. The summed E-state index contributed by atoms with van der Waals surface area (Å²) >= 11 is 0. The fourth-order valence-corrected chi connectivity index (χ4v) is 10.2. The predicted molar refractivity (Wildman–Crippen MR) is 221 cm³/mol. The first-order valence-corrected chi connectivity index (χ1v) is 21.3. The normalized spacial score (nSPS) is 40.2. The molecule has 0 aromatic heterocycles. The lowest BCUT2D eigenvalue weighted by Gasteiger charge is -2.46. The van der Waals surface area contributed by atoms with Gasteiger partial charge in [-0.05, 0) is 107 Å². The van der Waals surface area contributed by atoms with E-state index < -0.39 is 53.2 Å². The monoisotopic (exact) mass is 799 g/mol. The van der Waals surface area contributed by atoms with Gasteiger partial charge < -0.3 is 39.3 Å². The number of piperidine rings is 1. The highest BCUT2D eigenvalue weighted by atomic mass is 16.5. The van der Waals surface area contributed by atoms with Gasteiger partial charge in [-0.2, -0.15) is 0 Å². The van der Waals surface area contributed by atoms with Crippen molar-refractivity contribution in [1.29, 1.82) is 0 Å². The Bertz CT molecular complexity index is 1480. The van der Waals surface area contributed by atoms with Crippen molar-refractivity contribution >= 4 is 30.7 Å². The van der Waals surface area contributed by atoms with Crippen LogP contribution < -0.4 is 0 Å². The van der Waals surface area contributed by atoms with E-state index in [0.717, 1.165) is 36.8 Å². The summed E-state index contributed by atoms with van der Waals surface area (Å²) < 4.78 is 24.1. The SMILES string of the molecule is C=CC[C@@H]1/C=C(\C)C[C@H](C)C[C@H](OC)[C@H]2B[C@@](O)(C(=O)C(=O)N3CCCC[C@H]3C(=O)O[C@H](/C(C)=C/[C@@H]3CCC[C@H](OC)C3)[C@H](C)[C@@H](O)C/C1=N/O)[C@H](C)C[C@@H]2OC. The van der Waals surface area contributed by atoms with Crippen LogP contribution in [-0.2, 0) is 33.3 Å². The second-order valence-electron chi connectivity index (χ2n) is 17.8. The second-order valence-corrected chi connectivity index (χ2v) is 17.8. The summed E-state index contributed by atoms with van der Waals surface area (Å²) in [6.07, 6.45) is 10.9. The molecule has 1 amide bonds. The van der Waals surface area contributed by atoms with Crippen molar-refractivity contribution < 1.29 is 48.8 Å². The van der Waals surface area contributed by atoms with Gasteiger partial charge in [-0.3, -0.25) is 9.59 Å². The number of carbonyl (C=O) groups is 3. The van der Waals surface area contributed by atoms with Crippen LogP contribution in [0.2, 0.25) is 5.82 Å². The quantitative estimate of drug-likeness (QED) is 0.0720. The number of aliphatic hydroxyl groups is 2. The van der Waals surface area contributed by atoms with Crippen LogP contribution in [0.3, 0.4) is 0 Å². The minimum absolute atomic E-state index is 0.0233. The molecule has 12 nitrogen and oxygen atoms in total. The molecule has 0 radical (unpaired) electrons. The number of aliphatic hydroxyl groups excluding tert-OH is 1. The summed E-state index contributed by atoms with van der Waals surface area (Å²) in [5, 5.41) is 38.2. The van der Waals surface area contributed by atoms with Crippen LogP contribution in [-0.4, -0.2) is 121 Å². The van der Waals surface area contributed by atoms with E-state index in [1.165, 1.54) is 4.90 Å². The molecule has 2 bridgehead atoms. The average molecular weight is 799 g/mol. The predicted octanol–water partition coefficient (Wildman–Crippen LogP) is 5.77. The molecule has 57 heavy (non-hydrogen) atoms. The van der Waals surface area contributed by atoms with Gasteiger partial charge in [0.2, 0.25) is 5.78 Å². The van der Waals surface area contributed by atoms with E-state index in [2.05, 4.69) is 30.8 Å². The largest absolute Gasteiger partial charge is 0.456 e. The van der Waals surface area contributed by atoms with Gasteiger partial charge in [0.25, 0.3) is 5.91 Å². The van der Waals surface area contributed by atoms with Crippen molar-refractivity contribution in [3.05, 3.63) is 36.0 Å². The number of hydrogen-bond donors (Lipinski definition) is 3. The maximum Gasteiger partial charge on any atom is 0.329 e. The van der Waals surface area contributed by atoms with Crippen molar-refractivity contribution in [2.75, 3.05) is 27.9 Å². The van der Waals surface area contributed by atoms with Gasteiger partial charge in [0.05, 0.1) is 30.1 Å². The summed E-state index contributed by atoms with van der Waals surface area (Å²) in [5.74, 6) is -4.13. The molecule has 0 spiro atoms. The zero-order valence-corrected chi connectivity index (χ0v) is 35.9. The number of ether oxygens (including phenoxy) is 4. The summed E-state index contributed by atoms with van der Waals surface area (Å²) in [6.45, 7) is 13.8. The van der Waals surface area contributed by atoms with Crippen molar-refractivity contribution in [2.24, 2.45) is 34.7 Å². The Morgan fingerprint density at radius 1 is 1.02 bits per heavy atom. The van der Waals surface area contributed by atoms with Gasteiger partial charge >= 0.3 is 5.97 Å². The first-order valence-electron chi connectivity index (χ1n) is 21.3. The third-order valence-electron chi connectivity index (χ3n) is 13.6. The molecule has 13 heteroatoms. The van der Waals surface area contributed by atoms with E-state index in [-0.39, 0.29) is 62.1 Å². The summed E-state index contributed by atoms with van der Waals surface area (Å²) in [5.41, 5.74) is 0.229. The number of oxime groups is 1. The third kappa shape index (κ3) is 11.5. The van der Waals surface area contributed by atoms with Crippen LogP contribution in [0.25, 0.3) is 0 Å². The number of nitrogens with zero attached hydrogens (tertiary/aromatic N) is 2. The van der Waals surface area contributed by atoms with Gasteiger partial charge in [0, 0.05) is 46.1 Å². The lowest BCUT2D eigenvalue weighted by atomic mass is 9.39. The number of hydrogen-bond acceptors (Lipinski definition) is 11. The fraction of sp³-hybridized carbons (Fsp3) is 0.773. The zero-order chi connectivity index (χ0) is 42.0. The van der Waals surface area contributed by atoms with E-state index in [1.54, 1.807) is 34.3 Å². The number of fused-ring (bicyclic) bond motifs is 3. The number of amides is 1. The van der Waals surface area contributed by atoms with E-state index >= 15 is 0 Å². The van der Waals surface area contributed by atoms with E-state index in [4.69, 9.17) is 18.9 Å². The molecule has 1 saturated carbocycles. The highest BCUT2D eigenvalue weighted by Gasteiger charge is 2.56. The molecule has 2 saturated heterocycles. The first kappa shape index (κ1) is 46.8. The van der Waals surface area contributed by atoms with Gasteiger partial charge in [0.15, 0.2) is 7.28 Å². The molecule has 3 fully saturated rings. The number of rotatable bonds is 7. The Morgan fingerprint density at radius 2 is 1.72 bits per heavy atom. The van der Waals surface area contributed by atoms with Gasteiger partial charge in [0.1, 0.15) is 17.6 Å². The van der Waals surface area contributed by atoms with Crippen LogP contribution in [0.4, 0.5) is 0 Å². The zero-order valence-electron chi connectivity index (χ0n) is 35.9. The molecule has 1 aliphatic carbocycles. The van der Waals surface area contributed by atoms with Crippen LogP contribution in [0.1, 0.15) is 112 Å². The van der Waals surface area contributed by atoms with E-state index in [0.29, 0.717) is 50.7 Å². The maximum absolute atomic E-state index is 14.4. The Morgan fingerprint density at radius 3 is 2.37 bits per heavy atom. The smallest absolute Gasteiger partial charge is 0.329 e. The molecule has 0 unspecified atom stereocenters. The van der Waals surface area contributed by atoms with Gasteiger partial charge in [-0.1, -0.05) is 56.1 Å². The molecule has 320 valence electrons. The number of allylic oxidation sites excluding steroid dienone is 4. The Balaban J connectivity index is 1.80. The van der Waals surface area contributed by atoms with Crippen LogP contribution in [0.5, 0.6) is 0 Å². The van der Waals surface area contributed by atoms with Gasteiger partial charge in [-0.15, -0.1) is 6.58 Å². The highest BCUT2D eigenvalue weighted by molar-refractivity contribution is 6.58. The summed E-state index contributed by atoms with van der Waals surface area (Å²) in [6, 6.07) is -1.05. The van der Waals surface area contributed by atoms with Crippen molar-refractivity contribution in [1.82, 2.24) is 4.90 Å². The Hall–Kier alpha value is -2.84. The lowest BCUT2D eigenvalue weighted by molar-refractivity contribution is -0.167. The van der Waals surface area contributed by atoms with Crippen molar-refractivity contribution in [2.45, 2.75) is 160 Å². The number of esters is 1. The standard InChI is InChI=1S/C44H71BN2O10/c1-10-14-32-20-26(2)19-27(3)21-37(55-8)39-38(56-9)23-29(5)44(52,45-39)41(49)42(50)47-18-12-11-17-35(47)43(51)57-40(30(6)36(48)25-34(32)46-53)28(4)22-31-15-13-16-33(24-31)54-7/h10,20,22,27,29-33,35-40,45,48,52-53H,1,11-19,21,23-25H2,2-9H3/b26-20+,28-22+,46-34-/t27-,29+,30+,31-,32+,33-,35-,36-,37-,38-,39+,40+,44-/m0/s1. The second kappa shape index (κ2) is 21.4. The molecule has 4 aliphatic rings. The van der Waals surface area contributed by atoms with Crippen molar-refractivity contribution in [3.63, 3.8) is 0 Å². The minimum atomic E-state index is -1.99. The maximum atomic E-state index is 14.4. The molecular weight excluding hydrogens is 727 g/mol. The fourth-order valence-electron chi connectivity index (χ4n) is 10.2. The molecule has 4 rings (SSSR count). The number of ketones is 1. The van der Waals surface area contributed by atoms with Crippen molar-refractivity contribution in [3.8, 4) is 0 Å². The lowest BCUT2D eigenvalue weighted by Crippen LogP contribution is -2.64. The highest BCUT2D eigenvalue weighted by Crippen LogP contribution is 2.42. The molecule has 0 aromatic rings. The van der Waals surface area contributed by atoms with Crippen LogP contribution >= 0.6 is 0 Å². The molecule has 3 N–H and O–H groups in total. The molecular formula is C44H71BN2O10. The number of Topliss-reactive ketones (excluding diaryl/α,β-unsaturated/α-hetero) is 1. The summed E-state index contributed by atoms with van der Waals surface area (Å²) in [7, 11) is 4.94. The third-order valence-corrected chi connectivity index (χ3v) is 13.6. The van der Waals surface area contributed by atoms with E-state index in [1.807, 2.05) is 20.8 Å². The molecule has 0 aromatic carbocycles. The Labute approximate surface area is 341 Å². The van der Waals surface area contributed by atoms with E-state index in [9.17, 15) is 29.8 Å². The number of carbonyl (C=O) groups excluding carboxylic acids is 3. The molecule has 3 heterocycles. The van der Waals surface area contributed by atoms with Crippen LogP contribution in [0, 0.1) is 29.6 Å². The minimum Gasteiger partial charge on any atom is -0.456 e. The van der Waals surface area contributed by atoms with Gasteiger partial charge in [-0.25, -0.2) is 4.79 Å². The topological polar surface area (TPSA) is 164 Å².